The summed E-state index contributed by atoms with van der Waals surface area (Å²) in [6.07, 6.45) is 46.5. The average Bonchev–Trinajstić information content (AvgIpc) is 3.27. The number of ether oxygens (including phenoxy) is 4. The third-order valence-corrected chi connectivity index (χ3v) is 12.4. The summed E-state index contributed by atoms with van der Waals surface area (Å²) in [7, 11) is 0. The summed E-state index contributed by atoms with van der Waals surface area (Å²) in [5.41, 5.74) is 0. The van der Waals surface area contributed by atoms with Crippen LogP contribution in [0.4, 0.5) is 0 Å². The number of allylic oxidation sites excluding steroid dienone is 4. The molecule has 0 radical (unpaired) electrons. The van der Waals surface area contributed by atoms with E-state index in [1.54, 1.807) is 0 Å². The van der Waals surface area contributed by atoms with Crippen molar-refractivity contribution >= 4 is 5.97 Å². The van der Waals surface area contributed by atoms with Crippen molar-refractivity contribution < 1.29 is 44.2 Å². The zero-order chi connectivity index (χ0) is 45.0. The summed E-state index contributed by atoms with van der Waals surface area (Å²) < 4.78 is 22.9. The van der Waals surface area contributed by atoms with Crippen LogP contribution < -0.4 is 0 Å². The number of aliphatic hydroxyl groups is 4. The van der Waals surface area contributed by atoms with E-state index in [9.17, 15) is 25.2 Å². The van der Waals surface area contributed by atoms with E-state index in [0.717, 1.165) is 57.8 Å². The topological polar surface area (TPSA) is 135 Å². The Morgan fingerprint density at radius 3 is 1.40 bits per heavy atom. The van der Waals surface area contributed by atoms with Crippen LogP contribution in [0.5, 0.6) is 0 Å². The Balaban J connectivity index is 2.17. The molecular weight excluding hydrogens is 781 g/mol. The lowest BCUT2D eigenvalue weighted by Crippen LogP contribution is -2.59. The highest BCUT2D eigenvalue weighted by Crippen LogP contribution is 2.23. The molecule has 9 heteroatoms. The molecule has 0 aliphatic carbocycles. The van der Waals surface area contributed by atoms with E-state index in [-0.39, 0.29) is 19.2 Å². The highest BCUT2D eigenvalue weighted by Gasteiger charge is 2.44. The molecule has 0 bridgehead atoms. The number of aliphatic hydroxyl groups excluding tert-OH is 4. The van der Waals surface area contributed by atoms with Crippen molar-refractivity contribution in [3.63, 3.8) is 0 Å². The summed E-state index contributed by atoms with van der Waals surface area (Å²) in [6, 6.07) is 0. The van der Waals surface area contributed by atoms with Gasteiger partial charge in [-0.05, 0) is 44.9 Å². The van der Waals surface area contributed by atoms with Crippen molar-refractivity contribution in [2.24, 2.45) is 0 Å². The minimum absolute atomic E-state index is 0.115. The fourth-order valence-corrected chi connectivity index (χ4v) is 8.23. The smallest absolute Gasteiger partial charge is 0.306 e. The zero-order valence-electron chi connectivity index (χ0n) is 40.4. The molecule has 6 atom stereocenters. The normalized spacial score (nSPS) is 19.9. The Hall–Kier alpha value is -1.33. The zero-order valence-corrected chi connectivity index (χ0v) is 40.4. The quantitative estimate of drug-likeness (QED) is 0.0268. The summed E-state index contributed by atoms with van der Waals surface area (Å²) >= 11 is 0. The van der Waals surface area contributed by atoms with Gasteiger partial charge in [0.05, 0.1) is 19.8 Å². The number of esters is 1. The van der Waals surface area contributed by atoms with Crippen LogP contribution in [0.1, 0.15) is 245 Å². The van der Waals surface area contributed by atoms with Crippen LogP contribution in [0.3, 0.4) is 0 Å². The minimum Gasteiger partial charge on any atom is -0.457 e. The van der Waals surface area contributed by atoms with Gasteiger partial charge in [0.25, 0.3) is 0 Å². The van der Waals surface area contributed by atoms with E-state index in [4.69, 9.17) is 18.9 Å². The second-order valence-corrected chi connectivity index (χ2v) is 18.3. The van der Waals surface area contributed by atoms with Gasteiger partial charge in [0.15, 0.2) is 6.29 Å². The van der Waals surface area contributed by atoms with Gasteiger partial charge in [-0.1, -0.05) is 218 Å². The second-order valence-electron chi connectivity index (χ2n) is 18.3. The van der Waals surface area contributed by atoms with E-state index in [2.05, 4.69) is 38.2 Å². The number of carbonyl (C=O) groups excluding carboxylic acids is 1. The Kier molecular flexibility index (Phi) is 42.5. The first-order chi connectivity index (χ1) is 30.4. The first-order valence-corrected chi connectivity index (χ1v) is 26.4. The molecule has 0 aromatic carbocycles. The first kappa shape index (κ1) is 58.7. The van der Waals surface area contributed by atoms with Gasteiger partial charge in [-0.15, -0.1) is 0 Å². The van der Waals surface area contributed by atoms with Crippen molar-refractivity contribution in [3.8, 4) is 0 Å². The number of hydrogen-bond acceptors (Lipinski definition) is 9. The molecular formula is C53H100O9. The monoisotopic (exact) mass is 881 g/mol. The SMILES string of the molecule is CCCCCC/C=C\C/C=C\CCCCCCCC(=O)OC(COCCCCCCCCCCCCCCCCCCCCCCCCC)COC1OC(CO)C(O)C(O)C1O. The molecule has 9 nitrogen and oxygen atoms in total. The van der Waals surface area contributed by atoms with Gasteiger partial charge in [-0.2, -0.15) is 0 Å². The maximum atomic E-state index is 12.8. The van der Waals surface area contributed by atoms with Gasteiger partial charge in [-0.3, -0.25) is 4.79 Å². The standard InChI is InChI=1S/C53H100O9/c1-3-5-7-9-11-13-15-17-19-21-22-23-24-25-26-27-29-31-33-35-37-39-41-43-59-45-47(46-60-53-52(58)51(57)50(56)48(44-54)62-53)61-49(55)42-40-38-36-34-32-30-28-20-18-16-14-12-10-8-6-4-2/h14,16,20,28,47-48,50-54,56-58H,3-13,15,17-19,21-27,29-46H2,1-2H3/b16-14-,28-20-. The van der Waals surface area contributed by atoms with Crippen molar-refractivity contribution in [3.05, 3.63) is 24.3 Å². The lowest BCUT2D eigenvalue weighted by atomic mass is 9.99. The average molecular weight is 881 g/mol. The van der Waals surface area contributed by atoms with Gasteiger partial charge >= 0.3 is 5.97 Å². The van der Waals surface area contributed by atoms with Crippen LogP contribution >= 0.6 is 0 Å². The predicted molar refractivity (Wildman–Crippen MR) is 256 cm³/mol. The van der Waals surface area contributed by atoms with E-state index in [0.29, 0.717) is 13.0 Å². The molecule has 1 aliphatic rings. The van der Waals surface area contributed by atoms with E-state index in [1.165, 1.54) is 167 Å². The molecule has 6 unspecified atom stereocenters. The van der Waals surface area contributed by atoms with Crippen molar-refractivity contribution in [2.45, 2.75) is 282 Å². The third kappa shape index (κ3) is 35.0. The molecule has 0 saturated carbocycles. The van der Waals surface area contributed by atoms with Crippen LogP contribution in [0.25, 0.3) is 0 Å². The van der Waals surface area contributed by atoms with E-state index >= 15 is 0 Å². The molecule has 0 aromatic heterocycles. The van der Waals surface area contributed by atoms with E-state index < -0.39 is 43.4 Å². The Morgan fingerprint density at radius 1 is 0.516 bits per heavy atom. The summed E-state index contributed by atoms with van der Waals surface area (Å²) in [5.74, 6) is -0.322. The van der Waals surface area contributed by atoms with E-state index in [1.807, 2.05) is 0 Å². The summed E-state index contributed by atoms with van der Waals surface area (Å²) in [6.45, 7) is 4.57. The van der Waals surface area contributed by atoms with Crippen LogP contribution in [0.2, 0.25) is 0 Å². The number of rotatable bonds is 46. The van der Waals surface area contributed by atoms with Crippen molar-refractivity contribution in [2.75, 3.05) is 26.4 Å². The Bertz CT molecular complexity index is 1000. The molecule has 366 valence electrons. The second kappa shape index (κ2) is 44.9. The Morgan fingerprint density at radius 2 is 0.935 bits per heavy atom. The van der Waals surface area contributed by atoms with Gasteiger partial charge in [0.2, 0.25) is 0 Å². The van der Waals surface area contributed by atoms with Gasteiger partial charge in [-0.25, -0.2) is 0 Å². The summed E-state index contributed by atoms with van der Waals surface area (Å²) in [4.78, 5) is 12.8. The molecule has 62 heavy (non-hydrogen) atoms. The lowest BCUT2D eigenvalue weighted by Gasteiger charge is -2.39. The molecule has 1 aliphatic heterocycles. The summed E-state index contributed by atoms with van der Waals surface area (Å²) in [5, 5.41) is 40.2. The van der Waals surface area contributed by atoms with Gasteiger partial charge in [0, 0.05) is 13.0 Å². The largest absolute Gasteiger partial charge is 0.457 e. The van der Waals surface area contributed by atoms with Gasteiger partial charge < -0.3 is 39.4 Å². The van der Waals surface area contributed by atoms with Crippen LogP contribution in [-0.4, -0.2) is 89.6 Å². The van der Waals surface area contributed by atoms with Crippen molar-refractivity contribution in [1.82, 2.24) is 0 Å². The number of hydrogen-bond donors (Lipinski definition) is 4. The molecule has 0 amide bonds. The highest BCUT2D eigenvalue weighted by molar-refractivity contribution is 5.69. The lowest BCUT2D eigenvalue weighted by molar-refractivity contribution is -0.305. The molecule has 0 spiro atoms. The predicted octanol–water partition coefficient (Wildman–Crippen LogP) is 12.9. The third-order valence-electron chi connectivity index (χ3n) is 12.4. The molecule has 1 rings (SSSR count). The van der Waals surface area contributed by atoms with Crippen LogP contribution in [0.15, 0.2) is 24.3 Å². The van der Waals surface area contributed by atoms with Gasteiger partial charge in [0.1, 0.15) is 30.5 Å². The molecule has 1 saturated heterocycles. The molecule has 1 heterocycles. The van der Waals surface area contributed by atoms with Crippen LogP contribution in [-0.2, 0) is 23.7 Å². The Labute approximate surface area is 381 Å². The molecule has 1 fully saturated rings. The highest BCUT2D eigenvalue weighted by atomic mass is 16.7. The maximum Gasteiger partial charge on any atom is 0.306 e. The van der Waals surface area contributed by atoms with Crippen molar-refractivity contribution in [1.29, 1.82) is 0 Å². The first-order valence-electron chi connectivity index (χ1n) is 26.4. The molecule has 4 N–H and O–H groups in total. The van der Waals surface area contributed by atoms with Crippen LogP contribution in [0, 0.1) is 0 Å². The maximum absolute atomic E-state index is 12.8. The minimum atomic E-state index is -1.54. The fraction of sp³-hybridized carbons (Fsp3) is 0.906. The number of unbranched alkanes of at least 4 members (excludes halogenated alkanes) is 31. The fourth-order valence-electron chi connectivity index (χ4n) is 8.23. The molecule has 0 aromatic rings. The number of carbonyl (C=O) groups is 1.